The lowest BCUT2D eigenvalue weighted by atomic mass is 10.4. The van der Waals surface area contributed by atoms with Gasteiger partial charge in [-0.15, -0.1) is 0 Å². The number of rotatable bonds is 2. The molecule has 0 spiro atoms. The predicted octanol–water partition coefficient (Wildman–Crippen LogP) is 2.41. The Balaban J connectivity index is 3.42. The summed E-state index contributed by atoms with van der Waals surface area (Å²) in [5.74, 6) is 0.356. The van der Waals surface area contributed by atoms with E-state index in [1.807, 2.05) is 12.2 Å². The van der Waals surface area contributed by atoms with Crippen LogP contribution in [0.15, 0.2) is 24.0 Å². The van der Waals surface area contributed by atoms with Crippen LogP contribution in [0, 0.1) is 0 Å². The molecule has 0 heterocycles. The average Bonchev–Trinajstić information content (AvgIpc) is 1.66. The third kappa shape index (κ3) is 5.28. The Labute approximate surface area is 50.3 Å². The predicted molar refractivity (Wildman–Crippen MR) is 35.8 cm³/mol. The Morgan fingerprint density at radius 1 is 1.62 bits per heavy atom. The number of allylic oxidation sites excluding steroid dienone is 4. The molecule has 0 aromatic heterocycles. The Morgan fingerprint density at radius 3 is 2.62 bits per heavy atom. The summed E-state index contributed by atoms with van der Waals surface area (Å²) in [6, 6.07) is 0. The molecule has 0 unspecified atom stereocenters. The summed E-state index contributed by atoms with van der Waals surface area (Å²) in [5.41, 5.74) is 0. The van der Waals surface area contributed by atoms with E-state index in [-0.39, 0.29) is 0 Å². The molecule has 0 aliphatic carbocycles. The van der Waals surface area contributed by atoms with Crippen LogP contribution < -0.4 is 0 Å². The first-order valence-corrected chi connectivity index (χ1v) is 2.79. The van der Waals surface area contributed by atoms with Crippen molar-refractivity contribution >= 4 is 0 Å². The van der Waals surface area contributed by atoms with E-state index in [0.29, 0.717) is 5.76 Å². The van der Waals surface area contributed by atoms with Crippen molar-refractivity contribution < 1.29 is 5.11 Å². The van der Waals surface area contributed by atoms with Crippen LogP contribution in [0.3, 0.4) is 0 Å². The second-order valence-corrected chi connectivity index (χ2v) is 1.64. The first-order valence-electron chi connectivity index (χ1n) is 2.79. The lowest BCUT2D eigenvalue weighted by Gasteiger charge is -1.80. The fourth-order valence-electron chi connectivity index (χ4n) is 0.343. The van der Waals surface area contributed by atoms with E-state index in [9.17, 15) is 0 Å². The number of hydrogen-bond donors (Lipinski definition) is 1. The Hall–Kier alpha value is -0.720. The summed E-state index contributed by atoms with van der Waals surface area (Å²) < 4.78 is 0. The summed E-state index contributed by atoms with van der Waals surface area (Å²) >= 11 is 0. The minimum atomic E-state index is 0.356. The Kier molecular flexibility index (Phi) is 4.04. The Morgan fingerprint density at radius 2 is 2.25 bits per heavy atom. The van der Waals surface area contributed by atoms with Gasteiger partial charge in [0.15, 0.2) is 0 Å². The summed E-state index contributed by atoms with van der Waals surface area (Å²) in [7, 11) is 0. The maximum absolute atomic E-state index is 8.59. The summed E-state index contributed by atoms with van der Waals surface area (Å²) in [4.78, 5) is 0. The molecule has 0 fully saturated rings. The molecule has 0 aliphatic rings. The minimum Gasteiger partial charge on any atom is -0.513 e. The highest BCUT2D eigenvalue weighted by Gasteiger charge is 1.70. The maximum Gasteiger partial charge on any atom is 0.0891 e. The van der Waals surface area contributed by atoms with Gasteiger partial charge in [-0.1, -0.05) is 19.1 Å². The van der Waals surface area contributed by atoms with Crippen LogP contribution in [-0.4, -0.2) is 5.11 Å². The average molecular weight is 112 g/mol. The quantitative estimate of drug-likeness (QED) is 0.429. The van der Waals surface area contributed by atoms with Gasteiger partial charge in [-0.3, -0.25) is 0 Å². The molecule has 0 atom stereocenters. The lowest BCUT2D eigenvalue weighted by molar-refractivity contribution is 0.414. The molecule has 0 amide bonds. The zero-order valence-electron chi connectivity index (χ0n) is 5.39. The number of aliphatic hydroxyl groups excluding tert-OH is 1. The highest BCUT2D eigenvalue weighted by atomic mass is 16.3. The van der Waals surface area contributed by atoms with Gasteiger partial charge in [0, 0.05) is 0 Å². The van der Waals surface area contributed by atoms with Crippen molar-refractivity contribution in [3.05, 3.63) is 24.0 Å². The van der Waals surface area contributed by atoms with E-state index in [1.165, 1.54) is 0 Å². The van der Waals surface area contributed by atoms with E-state index in [1.54, 1.807) is 13.0 Å². The molecule has 0 saturated heterocycles. The first-order chi connectivity index (χ1) is 3.77. The molecule has 0 bridgehead atoms. The molecule has 0 aliphatic heterocycles. The van der Waals surface area contributed by atoms with Gasteiger partial charge < -0.3 is 5.11 Å². The van der Waals surface area contributed by atoms with Crippen LogP contribution in [-0.2, 0) is 0 Å². The van der Waals surface area contributed by atoms with Crippen LogP contribution in [0.25, 0.3) is 0 Å². The summed E-state index contributed by atoms with van der Waals surface area (Å²) in [6.07, 6.45) is 6.52. The van der Waals surface area contributed by atoms with E-state index >= 15 is 0 Å². The molecule has 0 radical (unpaired) electrons. The van der Waals surface area contributed by atoms with Gasteiger partial charge in [0.05, 0.1) is 5.76 Å². The molecule has 0 aromatic carbocycles. The number of aliphatic hydroxyl groups is 1. The van der Waals surface area contributed by atoms with E-state index in [2.05, 4.69) is 6.92 Å². The van der Waals surface area contributed by atoms with Crippen molar-refractivity contribution in [1.29, 1.82) is 0 Å². The van der Waals surface area contributed by atoms with Gasteiger partial charge in [-0.25, -0.2) is 0 Å². The molecule has 1 N–H and O–H groups in total. The van der Waals surface area contributed by atoms with Crippen LogP contribution in [0.1, 0.15) is 20.3 Å². The standard InChI is InChI=1S/C7H12O/c1-3-4-5-6-7(2)8/h4-6,8H,3H2,1-2H3/b5-4-,7-6+. The minimum absolute atomic E-state index is 0.356. The molecule has 46 valence electrons. The van der Waals surface area contributed by atoms with Crippen molar-refractivity contribution in [3.63, 3.8) is 0 Å². The zero-order chi connectivity index (χ0) is 6.41. The second-order valence-electron chi connectivity index (χ2n) is 1.64. The van der Waals surface area contributed by atoms with Crippen molar-refractivity contribution in [2.75, 3.05) is 0 Å². The molecule has 0 saturated carbocycles. The van der Waals surface area contributed by atoms with Crippen LogP contribution in [0.2, 0.25) is 0 Å². The Bertz CT molecular complexity index is 97.0. The van der Waals surface area contributed by atoms with Gasteiger partial charge in [-0.2, -0.15) is 0 Å². The molecular weight excluding hydrogens is 100 g/mol. The lowest BCUT2D eigenvalue weighted by Crippen LogP contribution is -1.64. The SMILES string of the molecule is CC/C=C\C=C(/C)O. The zero-order valence-corrected chi connectivity index (χ0v) is 5.39. The molecular formula is C7H12O. The third-order valence-electron chi connectivity index (χ3n) is 0.709. The van der Waals surface area contributed by atoms with Gasteiger partial charge >= 0.3 is 0 Å². The van der Waals surface area contributed by atoms with Crippen LogP contribution in [0.5, 0.6) is 0 Å². The summed E-state index contributed by atoms with van der Waals surface area (Å²) in [5, 5.41) is 8.59. The third-order valence-corrected chi connectivity index (χ3v) is 0.709. The van der Waals surface area contributed by atoms with Crippen molar-refractivity contribution in [1.82, 2.24) is 0 Å². The fourth-order valence-corrected chi connectivity index (χ4v) is 0.343. The maximum atomic E-state index is 8.59. The highest BCUT2D eigenvalue weighted by Crippen LogP contribution is 1.86. The van der Waals surface area contributed by atoms with Crippen LogP contribution in [0.4, 0.5) is 0 Å². The van der Waals surface area contributed by atoms with Gasteiger partial charge in [0.2, 0.25) is 0 Å². The van der Waals surface area contributed by atoms with Crippen LogP contribution >= 0.6 is 0 Å². The molecule has 0 rings (SSSR count). The molecule has 8 heavy (non-hydrogen) atoms. The van der Waals surface area contributed by atoms with E-state index < -0.39 is 0 Å². The largest absolute Gasteiger partial charge is 0.513 e. The monoisotopic (exact) mass is 112 g/mol. The fraction of sp³-hybridized carbons (Fsp3) is 0.429. The van der Waals surface area contributed by atoms with E-state index in [0.717, 1.165) is 6.42 Å². The molecule has 0 aromatic rings. The summed E-state index contributed by atoms with van der Waals surface area (Å²) in [6.45, 7) is 3.71. The van der Waals surface area contributed by atoms with Gasteiger partial charge in [0.1, 0.15) is 0 Å². The van der Waals surface area contributed by atoms with Crippen molar-refractivity contribution in [3.8, 4) is 0 Å². The smallest absolute Gasteiger partial charge is 0.0891 e. The van der Waals surface area contributed by atoms with Crippen molar-refractivity contribution in [2.45, 2.75) is 20.3 Å². The van der Waals surface area contributed by atoms with Gasteiger partial charge in [-0.05, 0) is 19.4 Å². The normalized spacial score (nSPS) is 13.0. The highest BCUT2D eigenvalue weighted by molar-refractivity contribution is 5.04. The van der Waals surface area contributed by atoms with E-state index in [4.69, 9.17) is 5.11 Å². The van der Waals surface area contributed by atoms with Crippen molar-refractivity contribution in [2.24, 2.45) is 0 Å². The molecule has 1 heteroatoms. The first kappa shape index (κ1) is 7.28. The van der Waals surface area contributed by atoms with Gasteiger partial charge in [0.25, 0.3) is 0 Å². The number of hydrogen-bond acceptors (Lipinski definition) is 1. The second kappa shape index (κ2) is 4.44. The topological polar surface area (TPSA) is 20.2 Å². The molecule has 1 nitrogen and oxygen atoms in total.